The van der Waals surface area contributed by atoms with E-state index in [1.807, 2.05) is 27.7 Å². The first-order valence-electron chi connectivity index (χ1n) is 6.50. The predicted molar refractivity (Wildman–Crippen MR) is 73.7 cm³/mol. The maximum Gasteiger partial charge on any atom is 0.226 e. The number of rotatable bonds is 2. The Kier molecular flexibility index (Phi) is 3.47. The minimum absolute atomic E-state index is 0.0314. The minimum Gasteiger partial charge on any atom is -0.381 e. The van der Waals surface area contributed by atoms with Crippen LogP contribution in [-0.4, -0.2) is 16.9 Å². The number of amides is 1. The molecule has 1 aliphatic heterocycles. The van der Waals surface area contributed by atoms with Gasteiger partial charge in [-0.2, -0.15) is 0 Å². The van der Waals surface area contributed by atoms with Gasteiger partial charge < -0.3 is 10.6 Å². The average Bonchev–Trinajstić information content (AvgIpc) is 2.55. The van der Waals surface area contributed by atoms with Crippen molar-refractivity contribution in [3.05, 3.63) is 17.6 Å². The molecule has 0 fully saturated rings. The van der Waals surface area contributed by atoms with Gasteiger partial charge in [-0.15, -0.1) is 0 Å². The van der Waals surface area contributed by atoms with Gasteiger partial charge >= 0.3 is 0 Å². The van der Waals surface area contributed by atoms with Gasteiger partial charge in [0.2, 0.25) is 5.91 Å². The van der Waals surface area contributed by atoms with E-state index in [1.54, 1.807) is 0 Å². The lowest BCUT2D eigenvalue weighted by Gasteiger charge is -2.17. The molecule has 2 heterocycles. The molecule has 104 valence electrons. The van der Waals surface area contributed by atoms with Crippen molar-refractivity contribution in [3.63, 3.8) is 0 Å². The highest BCUT2D eigenvalue weighted by Gasteiger charge is 2.22. The molecule has 1 aromatic rings. The van der Waals surface area contributed by atoms with E-state index in [0.717, 1.165) is 17.8 Å². The van der Waals surface area contributed by atoms with Crippen molar-refractivity contribution in [2.45, 2.75) is 46.6 Å². The molecule has 0 spiro atoms. The lowest BCUT2D eigenvalue weighted by atomic mass is 9.92. The van der Waals surface area contributed by atoms with Crippen molar-refractivity contribution in [2.75, 3.05) is 10.6 Å². The van der Waals surface area contributed by atoms with Gasteiger partial charge in [0.25, 0.3) is 0 Å². The summed E-state index contributed by atoms with van der Waals surface area (Å²) < 4.78 is 13.8. The summed E-state index contributed by atoms with van der Waals surface area (Å²) in [6, 6.07) is 1.65. The molecule has 5 heteroatoms. The monoisotopic (exact) mass is 265 g/mol. The van der Waals surface area contributed by atoms with Crippen LogP contribution in [0.1, 0.15) is 39.8 Å². The molecule has 0 bridgehead atoms. The smallest absolute Gasteiger partial charge is 0.226 e. The second-order valence-electron chi connectivity index (χ2n) is 6.35. The third kappa shape index (κ3) is 3.43. The summed E-state index contributed by atoms with van der Waals surface area (Å²) in [6.07, 6.45) is 1.08. The van der Waals surface area contributed by atoms with Crippen LogP contribution in [0.4, 0.5) is 15.9 Å². The third-order valence-electron chi connectivity index (χ3n) is 2.91. The third-order valence-corrected chi connectivity index (χ3v) is 2.91. The summed E-state index contributed by atoms with van der Waals surface area (Å²) in [7, 11) is 0. The highest BCUT2D eigenvalue weighted by molar-refractivity contribution is 5.90. The second kappa shape index (κ2) is 4.79. The summed E-state index contributed by atoms with van der Waals surface area (Å²) in [4.78, 5) is 16.0. The fraction of sp³-hybridized carbons (Fsp3) is 0.571. The molecular formula is C14H20FN3O. The fourth-order valence-corrected chi connectivity index (χ4v) is 2.16. The molecule has 1 amide bonds. The highest BCUT2D eigenvalue weighted by atomic mass is 19.1. The Hall–Kier alpha value is -1.65. The van der Waals surface area contributed by atoms with Crippen molar-refractivity contribution in [3.8, 4) is 0 Å². The fourth-order valence-electron chi connectivity index (χ4n) is 2.16. The summed E-state index contributed by atoms with van der Waals surface area (Å²) in [5, 5.41) is 5.70. The number of nitrogens with zero attached hydrogens (tertiary/aromatic N) is 1. The first-order valence-corrected chi connectivity index (χ1v) is 6.50. The zero-order valence-corrected chi connectivity index (χ0v) is 11.8. The molecule has 0 saturated carbocycles. The number of pyridine rings is 1. The first kappa shape index (κ1) is 13.8. The van der Waals surface area contributed by atoms with Crippen molar-refractivity contribution in [1.29, 1.82) is 0 Å². The predicted octanol–water partition coefficient (Wildman–Crippen LogP) is 2.95. The Balaban J connectivity index is 2.14. The van der Waals surface area contributed by atoms with Crippen molar-refractivity contribution in [2.24, 2.45) is 5.41 Å². The van der Waals surface area contributed by atoms with Gasteiger partial charge in [0.15, 0.2) is 11.6 Å². The van der Waals surface area contributed by atoms with Crippen LogP contribution >= 0.6 is 0 Å². The van der Waals surface area contributed by atoms with Crippen LogP contribution in [0.5, 0.6) is 0 Å². The zero-order valence-electron chi connectivity index (χ0n) is 11.8. The average molecular weight is 265 g/mol. The van der Waals surface area contributed by atoms with Crippen LogP contribution in [-0.2, 0) is 11.2 Å². The molecular weight excluding hydrogens is 245 g/mol. The van der Waals surface area contributed by atoms with Crippen LogP contribution in [0.15, 0.2) is 6.07 Å². The number of halogens is 1. The largest absolute Gasteiger partial charge is 0.381 e. The SMILES string of the molecule is CC1Cc2nc(NC(=O)CC(C)(C)C)c(F)cc2N1. The number of carbonyl (C=O) groups excluding carboxylic acids is 1. The van der Waals surface area contributed by atoms with Gasteiger partial charge in [0, 0.05) is 24.9 Å². The Morgan fingerprint density at radius 3 is 2.89 bits per heavy atom. The summed E-state index contributed by atoms with van der Waals surface area (Å²) in [6.45, 7) is 7.90. The maximum atomic E-state index is 13.8. The maximum absolute atomic E-state index is 13.8. The molecule has 0 aromatic carbocycles. The first-order chi connectivity index (χ1) is 8.74. The topological polar surface area (TPSA) is 54.0 Å². The van der Waals surface area contributed by atoms with Gasteiger partial charge in [0.1, 0.15) is 0 Å². The number of hydrogen-bond donors (Lipinski definition) is 2. The molecule has 1 atom stereocenters. The normalized spacial score (nSPS) is 17.8. The Labute approximate surface area is 112 Å². The lowest BCUT2D eigenvalue weighted by molar-refractivity contribution is -0.117. The number of hydrogen-bond acceptors (Lipinski definition) is 3. The Morgan fingerprint density at radius 2 is 2.26 bits per heavy atom. The molecule has 2 rings (SSSR count). The summed E-state index contributed by atoms with van der Waals surface area (Å²) in [5.41, 5.74) is 1.40. The van der Waals surface area contributed by atoms with Gasteiger partial charge in [-0.1, -0.05) is 20.8 Å². The van der Waals surface area contributed by atoms with Crippen LogP contribution in [0.25, 0.3) is 0 Å². The molecule has 0 radical (unpaired) electrons. The van der Waals surface area contributed by atoms with Crippen LogP contribution in [0, 0.1) is 11.2 Å². The van der Waals surface area contributed by atoms with E-state index in [4.69, 9.17) is 0 Å². The molecule has 0 aliphatic carbocycles. The number of fused-ring (bicyclic) bond motifs is 1. The second-order valence-corrected chi connectivity index (χ2v) is 6.35. The van der Waals surface area contributed by atoms with Crippen molar-refractivity contribution in [1.82, 2.24) is 4.98 Å². The van der Waals surface area contributed by atoms with Gasteiger partial charge in [0.05, 0.1) is 11.4 Å². The van der Waals surface area contributed by atoms with E-state index in [2.05, 4.69) is 15.6 Å². The van der Waals surface area contributed by atoms with Crippen LogP contribution in [0.2, 0.25) is 0 Å². The minimum atomic E-state index is -0.498. The molecule has 1 unspecified atom stereocenters. The van der Waals surface area contributed by atoms with E-state index in [-0.39, 0.29) is 23.2 Å². The quantitative estimate of drug-likeness (QED) is 0.864. The molecule has 4 nitrogen and oxygen atoms in total. The summed E-state index contributed by atoms with van der Waals surface area (Å²) in [5.74, 6) is -0.677. The Bertz CT molecular complexity index is 508. The summed E-state index contributed by atoms with van der Waals surface area (Å²) >= 11 is 0. The van der Waals surface area contributed by atoms with Crippen molar-refractivity contribution >= 4 is 17.4 Å². The van der Waals surface area contributed by atoms with E-state index in [0.29, 0.717) is 6.42 Å². The Morgan fingerprint density at radius 1 is 1.58 bits per heavy atom. The van der Waals surface area contributed by atoms with Crippen LogP contribution in [0.3, 0.4) is 0 Å². The van der Waals surface area contributed by atoms with E-state index >= 15 is 0 Å². The molecule has 1 aliphatic rings. The van der Waals surface area contributed by atoms with E-state index in [1.165, 1.54) is 6.07 Å². The molecule has 1 aromatic heterocycles. The van der Waals surface area contributed by atoms with E-state index in [9.17, 15) is 9.18 Å². The molecule has 19 heavy (non-hydrogen) atoms. The number of anilines is 2. The zero-order chi connectivity index (χ0) is 14.2. The number of nitrogens with one attached hydrogen (secondary N) is 2. The number of aromatic nitrogens is 1. The van der Waals surface area contributed by atoms with Gasteiger partial charge in [-0.25, -0.2) is 9.37 Å². The highest BCUT2D eigenvalue weighted by Crippen LogP contribution is 2.28. The van der Waals surface area contributed by atoms with Gasteiger partial charge in [-0.05, 0) is 12.3 Å². The van der Waals surface area contributed by atoms with Crippen LogP contribution < -0.4 is 10.6 Å². The van der Waals surface area contributed by atoms with E-state index < -0.39 is 5.82 Å². The van der Waals surface area contributed by atoms with Gasteiger partial charge in [-0.3, -0.25) is 4.79 Å². The molecule has 2 N–H and O–H groups in total. The molecule has 0 saturated heterocycles. The number of carbonyl (C=O) groups is 1. The lowest BCUT2D eigenvalue weighted by Crippen LogP contribution is -2.21. The van der Waals surface area contributed by atoms with Crippen molar-refractivity contribution < 1.29 is 9.18 Å². The standard InChI is InChI=1S/C14H20FN3O/c1-8-5-10-11(16-8)6-9(15)13(17-10)18-12(19)7-14(2,3)4/h6,8,16H,5,7H2,1-4H3,(H,17,18,19).